The number of hydrazine groups is 1. The Morgan fingerprint density at radius 3 is 1.97 bits per heavy atom. The van der Waals surface area contributed by atoms with Crippen molar-refractivity contribution in [2.75, 3.05) is 6.54 Å². The number of nitrogens with zero attached hydrogens (tertiary/aromatic N) is 2. The molecule has 0 radical (unpaired) electrons. The standard InChI is InChI=1S/C22H22N2O6/c1-22(2,3)30-21(28)23(13-18(25)29-14-15-9-5-4-6-10-15)24-19(26)16-11-7-8-12-17(16)20(24)27/h4-12H,13-14H2,1-3H3. The Morgan fingerprint density at radius 1 is 0.900 bits per heavy atom. The molecule has 156 valence electrons. The van der Waals surface area contributed by atoms with Gasteiger partial charge in [-0.25, -0.2) is 4.79 Å². The Bertz CT molecular complexity index is 946. The van der Waals surface area contributed by atoms with Crippen LogP contribution in [0.3, 0.4) is 0 Å². The maximum atomic E-state index is 12.8. The Labute approximate surface area is 173 Å². The van der Waals surface area contributed by atoms with Crippen molar-refractivity contribution in [3.63, 3.8) is 0 Å². The first-order chi connectivity index (χ1) is 14.2. The van der Waals surface area contributed by atoms with E-state index in [-0.39, 0.29) is 17.7 Å². The van der Waals surface area contributed by atoms with Crippen LogP contribution in [0.15, 0.2) is 54.6 Å². The number of hydrogen-bond donors (Lipinski definition) is 0. The lowest BCUT2D eigenvalue weighted by Crippen LogP contribution is -2.53. The van der Waals surface area contributed by atoms with Crippen LogP contribution < -0.4 is 0 Å². The van der Waals surface area contributed by atoms with Gasteiger partial charge in [-0.2, -0.15) is 10.0 Å². The van der Waals surface area contributed by atoms with Gasteiger partial charge in [-0.05, 0) is 38.5 Å². The Hall–Kier alpha value is -3.68. The average Bonchev–Trinajstić information content (AvgIpc) is 2.95. The number of imide groups is 1. The third-order valence-electron chi connectivity index (χ3n) is 4.14. The average molecular weight is 410 g/mol. The van der Waals surface area contributed by atoms with E-state index in [1.807, 2.05) is 6.07 Å². The first kappa shape index (κ1) is 21.0. The SMILES string of the molecule is CC(C)(C)OC(=O)N(CC(=O)OCc1ccccc1)N1C(=O)c2ccccc2C1=O. The molecule has 1 heterocycles. The van der Waals surface area contributed by atoms with Crippen LogP contribution in [0.25, 0.3) is 0 Å². The molecule has 0 bridgehead atoms. The number of esters is 1. The van der Waals surface area contributed by atoms with Gasteiger partial charge in [-0.1, -0.05) is 42.5 Å². The fourth-order valence-corrected chi connectivity index (χ4v) is 2.83. The number of rotatable bonds is 5. The van der Waals surface area contributed by atoms with E-state index in [1.54, 1.807) is 57.2 Å². The number of carbonyl (C=O) groups is 4. The second-order valence-corrected chi connectivity index (χ2v) is 7.65. The minimum Gasteiger partial charge on any atom is -0.459 e. The molecular weight excluding hydrogens is 388 g/mol. The fourth-order valence-electron chi connectivity index (χ4n) is 2.83. The summed E-state index contributed by atoms with van der Waals surface area (Å²) in [5.41, 5.74) is 0.153. The van der Waals surface area contributed by atoms with Crippen molar-refractivity contribution in [3.05, 3.63) is 71.3 Å². The van der Waals surface area contributed by atoms with Crippen molar-refractivity contribution in [1.29, 1.82) is 0 Å². The molecule has 0 saturated carbocycles. The van der Waals surface area contributed by atoms with E-state index in [0.717, 1.165) is 5.56 Å². The van der Waals surface area contributed by atoms with Crippen LogP contribution >= 0.6 is 0 Å². The lowest BCUT2D eigenvalue weighted by molar-refractivity contribution is -0.148. The molecule has 2 aromatic rings. The summed E-state index contributed by atoms with van der Waals surface area (Å²) in [5.74, 6) is -2.21. The van der Waals surface area contributed by atoms with E-state index in [2.05, 4.69) is 0 Å². The predicted octanol–water partition coefficient (Wildman–Crippen LogP) is 3.18. The van der Waals surface area contributed by atoms with Gasteiger partial charge in [0.2, 0.25) is 0 Å². The summed E-state index contributed by atoms with van der Waals surface area (Å²) < 4.78 is 10.5. The van der Waals surface area contributed by atoms with E-state index in [4.69, 9.17) is 9.47 Å². The molecule has 1 aliphatic rings. The largest absolute Gasteiger partial charge is 0.459 e. The molecule has 0 N–H and O–H groups in total. The first-order valence-corrected chi connectivity index (χ1v) is 9.35. The lowest BCUT2D eigenvalue weighted by atomic mass is 10.1. The molecule has 8 heteroatoms. The molecule has 0 aliphatic carbocycles. The molecule has 0 saturated heterocycles. The van der Waals surface area contributed by atoms with Gasteiger partial charge in [-0.3, -0.25) is 14.4 Å². The molecule has 2 aromatic carbocycles. The van der Waals surface area contributed by atoms with Crippen LogP contribution in [-0.2, 0) is 20.9 Å². The molecular formula is C22H22N2O6. The van der Waals surface area contributed by atoms with E-state index in [1.165, 1.54) is 12.1 Å². The van der Waals surface area contributed by atoms with Crippen LogP contribution in [0.2, 0.25) is 0 Å². The highest BCUT2D eigenvalue weighted by molar-refractivity contribution is 6.21. The van der Waals surface area contributed by atoms with Crippen molar-refractivity contribution in [2.45, 2.75) is 33.0 Å². The van der Waals surface area contributed by atoms with Gasteiger partial charge >= 0.3 is 12.1 Å². The Morgan fingerprint density at radius 2 is 1.43 bits per heavy atom. The Kier molecular flexibility index (Phi) is 5.86. The van der Waals surface area contributed by atoms with Gasteiger partial charge in [0.15, 0.2) is 0 Å². The molecule has 3 amide bonds. The van der Waals surface area contributed by atoms with Crippen LogP contribution in [0.1, 0.15) is 47.1 Å². The number of hydrogen-bond acceptors (Lipinski definition) is 6. The predicted molar refractivity (Wildman–Crippen MR) is 106 cm³/mol. The maximum absolute atomic E-state index is 12.8. The van der Waals surface area contributed by atoms with E-state index >= 15 is 0 Å². The summed E-state index contributed by atoms with van der Waals surface area (Å²) in [6, 6.07) is 15.2. The topological polar surface area (TPSA) is 93.2 Å². The molecule has 8 nitrogen and oxygen atoms in total. The van der Waals surface area contributed by atoms with E-state index in [0.29, 0.717) is 10.0 Å². The third kappa shape index (κ3) is 4.65. The van der Waals surface area contributed by atoms with Gasteiger partial charge in [0.1, 0.15) is 18.8 Å². The third-order valence-corrected chi connectivity index (χ3v) is 4.14. The summed E-state index contributed by atoms with van der Waals surface area (Å²) in [4.78, 5) is 50.7. The summed E-state index contributed by atoms with van der Waals surface area (Å²) in [5, 5.41) is 1.31. The highest BCUT2D eigenvalue weighted by atomic mass is 16.6. The number of carbonyl (C=O) groups excluding carboxylic acids is 4. The van der Waals surface area contributed by atoms with Gasteiger partial charge in [-0.15, -0.1) is 0 Å². The van der Waals surface area contributed by atoms with Crippen LogP contribution in [0, 0.1) is 0 Å². The summed E-state index contributed by atoms with van der Waals surface area (Å²) in [7, 11) is 0. The highest BCUT2D eigenvalue weighted by Crippen LogP contribution is 2.25. The molecule has 0 unspecified atom stereocenters. The minimum atomic E-state index is -1.01. The summed E-state index contributed by atoms with van der Waals surface area (Å²) in [6.45, 7) is 4.24. The number of ether oxygens (including phenoxy) is 2. The van der Waals surface area contributed by atoms with Crippen molar-refractivity contribution >= 4 is 23.9 Å². The smallest absolute Gasteiger partial charge is 0.430 e. The zero-order valence-electron chi connectivity index (χ0n) is 17.0. The lowest BCUT2D eigenvalue weighted by Gasteiger charge is -2.31. The molecule has 0 aromatic heterocycles. The Balaban J connectivity index is 1.81. The molecule has 30 heavy (non-hydrogen) atoms. The maximum Gasteiger partial charge on any atom is 0.430 e. The van der Waals surface area contributed by atoms with Crippen molar-refractivity contribution in [1.82, 2.24) is 10.0 Å². The van der Waals surface area contributed by atoms with Gasteiger partial charge < -0.3 is 9.47 Å². The van der Waals surface area contributed by atoms with Crippen LogP contribution in [0.4, 0.5) is 4.79 Å². The van der Waals surface area contributed by atoms with E-state index < -0.39 is 36.0 Å². The van der Waals surface area contributed by atoms with Crippen LogP contribution in [-0.4, -0.2) is 46.0 Å². The van der Waals surface area contributed by atoms with Gasteiger partial charge in [0, 0.05) is 0 Å². The quantitative estimate of drug-likeness (QED) is 0.555. The second-order valence-electron chi connectivity index (χ2n) is 7.65. The highest BCUT2D eigenvalue weighted by Gasteiger charge is 2.43. The summed E-state index contributed by atoms with van der Waals surface area (Å²) in [6.07, 6.45) is -1.01. The van der Waals surface area contributed by atoms with Crippen molar-refractivity contribution < 1.29 is 28.7 Å². The molecule has 0 atom stereocenters. The normalized spacial score (nSPS) is 13.1. The fraction of sp³-hybridized carbons (Fsp3) is 0.273. The van der Waals surface area contributed by atoms with Crippen molar-refractivity contribution in [3.8, 4) is 0 Å². The van der Waals surface area contributed by atoms with E-state index in [9.17, 15) is 19.2 Å². The van der Waals surface area contributed by atoms with Gasteiger partial charge in [0.25, 0.3) is 11.8 Å². The number of benzene rings is 2. The zero-order valence-corrected chi connectivity index (χ0v) is 17.0. The second kappa shape index (κ2) is 8.36. The van der Waals surface area contributed by atoms with Crippen LogP contribution in [0.5, 0.6) is 0 Å². The molecule has 3 rings (SSSR count). The molecule has 0 spiro atoms. The molecule has 1 aliphatic heterocycles. The van der Waals surface area contributed by atoms with Gasteiger partial charge in [0.05, 0.1) is 11.1 Å². The number of amides is 3. The zero-order chi connectivity index (χ0) is 21.9. The monoisotopic (exact) mass is 410 g/mol. The first-order valence-electron chi connectivity index (χ1n) is 9.35. The minimum absolute atomic E-state index is 0.00997. The van der Waals surface area contributed by atoms with Crippen molar-refractivity contribution in [2.24, 2.45) is 0 Å². The summed E-state index contributed by atoms with van der Waals surface area (Å²) >= 11 is 0. The number of fused-ring (bicyclic) bond motifs is 1. The molecule has 0 fully saturated rings.